The minimum atomic E-state index is -4.52. The van der Waals surface area contributed by atoms with Gasteiger partial charge in [0.05, 0.1) is 6.42 Å². The van der Waals surface area contributed by atoms with Crippen molar-refractivity contribution < 1.29 is 31.1 Å². The number of carbonyl (C=O) groups is 1. The molecule has 4 nitrogen and oxygen atoms in total. The highest BCUT2D eigenvalue weighted by molar-refractivity contribution is 6.00. The predicted molar refractivity (Wildman–Crippen MR) is 180 cm³/mol. The van der Waals surface area contributed by atoms with E-state index in [0.717, 1.165) is 72.3 Å². The lowest BCUT2D eigenvalue weighted by atomic mass is 9.73. The molecule has 49 heavy (non-hydrogen) atoms. The van der Waals surface area contributed by atoms with E-state index in [4.69, 9.17) is 0 Å². The monoisotopic (exact) mass is 679 g/mol. The van der Waals surface area contributed by atoms with Gasteiger partial charge in [0, 0.05) is 30.4 Å². The van der Waals surface area contributed by atoms with Crippen LogP contribution in [0.5, 0.6) is 0 Å². The first-order valence-corrected chi connectivity index (χ1v) is 16.7. The number of benzene rings is 4. The number of carbonyl (C=O) groups excluding carboxylic acids is 1. The lowest BCUT2D eigenvalue weighted by molar-refractivity contribution is -0.141. The molecule has 0 radical (unpaired) electrons. The molecule has 4 aromatic rings. The van der Waals surface area contributed by atoms with Gasteiger partial charge in [0.1, 0.15) is 12.0 Å². The van der Waals surface area contributed by atoms with Gasteiger partial charge in [-0.3, -0.25) is 4.79 Å². The van der Waals surface area contributed by atoms with Gasteiger partial charge in [-0.1, -0.05) is 97.4 Å². The van der Waals surface area contributed by atoms with Crippen LogP contribution in [0.25, 0.3) is 22.3 Å². The number of rotatable bonds is 11. The summed E-state index contributed by atoms with van der Waals surface area (Å²) in [4.78, 5) is 16.1. The van der Waals surface area contributed by atoms with Gasteiger partial charge in [-0.25, -0.2) is 0 Å². The van der Waals surface area contributed by atoms with E-state index in [2.05, 4.69) is 15.5 Å². The van der Waals surface area contributed by atoms with Gasteiger partial charge < -0.3 is 15.5 Å². The molecule has 1 amide bonds. The van der Waals surface area contributed by atoms with Crippen molar-refractivity contribution in [3.05, 3.63) is 114 Å². The molecule has 2 N–H and O–H groups in total. The molecular formula is C39H39F6N3O. The summed E-state index contributed by atoms with van der Waals surface area (Å²) < 4.78 is 79.2. The third-order valence-electron chi connectivity index (χ3n) is 9.70. The number of likely N-dealkylation sites (tertiary alicyclic amines) is 1. The van der Waals surface area contributed by atoms with Gasteiger partial charge in [-0.2, -0.15) is 26.3 Å². The van der Waals surface area contributed by atoms with Gasteiger partial charge in [0.2, 0.25) is 5.91 Å². The summed E-state index contributed by atoms with van der Waals surface area (Å²) in [7, 11) is 0. The topological polar surface area (TPSA) is 44.4 Å². The first-order valence-electron chi connectivity index (χ1n) is 16.7. The maximum Gasteiger partial charge on any atom is 0.405 e. The Morgan fingerprint density at radius 2 is 1.35 bits per heavy atom. The van der Waals surface area contributed by atoms with E-state index < -0.39 is 36.6 Å². The zero-order chi connectivity index (χ0) is 34.6. The average Bonchev–Trinajstić information content (AvgIpc) is 3.36. The van der Waals surface area contributed by atoms with E-state index in [-0.39, 0.29) is 11.6 Å². The average molecular weight is 680 g/mol. The molecule has 0 bridgehead atoms. The minimum Gasteiger partial charge on any atom is -0.382 e. The Kier molecular flexibility index (Phi) is 10.1. The Labute approximate surface area is 282 Å². The lowest BCUT2D eigenvalue weighted by Crippen LogP contribution is -2.47. The van der Waals surface area contributed by atoms with Crippen LogP contribution in [0.2, 0.25) is 0 Å². The van der Waals surface area contributed by atoms with Gasteiger partial charge in [-0.15, -0.1) is 0 Å². The van der Waals surface area contributed by atoms with Crippen molar-refractivity contribution in [3.63, 3.8) is 0 Å². The summed E-state index contributed by atoms with van der Waals surface area (Å²) in [5, 5.41) is 5.73. The molecule has 1 aliphatic heterocycles. The van der Waals surface area contributed by atoms with Crippen molar-refractivity contribution in [2.24, 2.45) is 0 Å². The first kappa shape index (κ1) is 34.5. The Bertz CT molecular complexity index is 1700. The molecule has 0 unspecified atom stereocenters. The molecule has 0 aromatic heterocycles. The van der Waals surface area contributed by atoms with Crippen LogP contribution in [-0.2, 0) is 16.6 Å². The fraction of sp³-hybridized carbons (Fsp3) is 0.359. The molecule has 1 aliphatic carbocycles. The summed E-state index contributed by atoms with van der Waals surface area (Å²) in [6.45, 7) is 0.972. The van der Waals surface area contributed by atoms with Gasteiger partial charge in [0.25, 0.3) is 0 Å². The Balaban J connectivity index is 1.09. The SMILES string of the molecule is O=C(NCC(F)(F)F)C1(CCCCN2CCC(Nc3cc(CC(F)(F)F)ccc3-c3ccccc3)CC2)c2ccccc2-c2ccccc21. The molecule has 4 aromatic carbocycles. The molecule has 1 heterocycles. The van der Waals surface area contributed by atoms with Gasteiger partial charge in [-0.05, 0) is 71.7 Å². The van der Waals surface area contributed by atoms with Crippen molar-refractivity contribution >= 4 is 11.6 Å². The normalized spacial score (nSPS) is 16.2. The summed E-state index contributed by atoms with van der Waals surface area (Å²) >= 11 is 0. The molecule has 0 atom stereocenters. The molecule has 1 saturated heterocycles. The summed E-state index contributed by atoms with van der Waals surface area (Å²) in [5.74, 6) is -0.636. The van der Waals surface area contributed by atoms with Crippen LogP contribution in [0.3, 0.4) is 0 Å². The second-order valence-corrected chi connectivity index (χ2v) is 13.0. The van der Waals surface area contributed by atoms with Crippen LogP contribution >= 0.6 is 0 Å². The van der Waals surface area contributed by atoms with E-state index in [1.165, 1.54) is 6.07 Å². The van der Waals surface area contributed by atoms with E-state index in [9.17, 15) is 31.1 Å². The highest BCUT2D eigenvalue weighted by Gasteiger charge is 2.49. The fourth-order valence-electron chi connectivity index (χ4n) is 7.45. The molecule has 10 heteroatoms. The molecule has 0 saturated carbocycles. The van der Waals surface area contributed by atoms with E-state index in [0.29, 0.717) is 18.5 Å². The maximum absolute atomic E-state index is 13.7. The molecule has 6 rings (SSSR count). The highest BCUT2D eigenvalue weighted by Crippen LogP contribution is 2.51. The Hall–Kier alpha value is -4.31. The van der Waals surface area contributed by atoms with Crippen molar-refractivity contribution in [2.45, 2.75) is 62.3 Å². The number of alkyl halides is 6. The minimum absolute atomic E-state index is 0.0898. The Morgan fingerprint density at radius 1 is 0.735 bits per heavy atom. The molecule has 1 fully saturated rings. The van der Waals surface area contributed by atoms with Crippen LogP contribution in [0.1, 0.15) is 48.8 Å². The number of nitrogens with zero attached hydrogens (tertiary/aromatic N) is 1. The largest absolute Gasteiger partial charge is 0.405 e. The van der Waals surface area contributed by atoms with Crippen molar-refractivity contribution in [3.8, 4) is 22.3 Å². The molecule has 2 aliphatic rings. The highest BCUT2D eigenvalue weighted by atomic mass is 19.4. The predicted octanol–water partition coefficient (Wildman–Crippen LogP) is 9.15. The molecule has 0 spiro atoms. The van der Waals surface area contributed by atoms with Crippen molar-refractivity contribution in [1.82, 2.24) is 10.2 Å². The summed E-state index contributed by atoms with van der Waals surface area (Å²) in [6.07, 6.45) is -6.43. The van der Waals surface area contributed by atoms with E-state index in [1.54, 1.807) is 12.1 Å². The van der Waals surface area contributed by atoms with Crippen LogP contribution in [-0.4, -0.2) is 55.4 Å². The standard InChI is InChI=1S/C39H39F6N3O/c40-38(41,42)25-27-16-17-30(28-10-2-1-3-11-28)35(24-27)47-29-18-22-48(23-19-29)21-9-8-20-37(36(49)46-26-39(43,44)45)33-14-6-4-12-31(33)32-13-5-7-15-34(32)37/h1-7,10-17,24,29,47H,8-9,18-23,25-26H2,(H,46,49). The second kappa shape index (κ2) is 14.3. The number of hydrogen-bond acceptors (Lipinski definition) is 3. The van der Waals surface area contributed by atoms with E-state index in [1.807, 2.05) is 78.9 Å². The van der Waals surface area contributed by atoms with Crippen molar-refractivity contribution in [2.75, 3.05) is 31.5 Å². The van der Waals surface area contributed by atoms with Crippen LogP contribution in [0.15, 0.2) is 97.1 Å². The number of nitrogens with one attached hydrogen (secondary N) is 2. The third-order valence-corrected chi connectivity index (χ3v) is 9.70. The first-order chi connectivity index (χ1) is 23.4. The number of halogens is 6. The molecular weight excluding hydrogens is 640 g/mol. The number of piperidine rings is 1. The number of anilines is 1. The quantitative estimate of drug-likeness (QED) is 0.123. The van der Waals surface area contributed by atoms with Gasteiger partial charge in [0.15, 0.2) is 0 Å². The van der Waals surface area contributed by atoms with Crippen LogP contribution < -0.4 is 10.6 Å². The third kappa shape index (κ3) is 7.96. The maximum atomic E-state index is 13.7. The van der Waals surface area contributed by atoms with Crippen LogP contribution in [0, 0.1) is 0 Å². The van der Waals surface area contributed by atoms with Crippen molar-refractivity contribution in [1.29, 1.82) is 0 Å². The summed E-state index contributed by atoms with van der Waals surface area (Å²) in [5.41, 5.74) is 4.68. The van der Waals surface area contributed by atoms with E-state index >= 15 is 0 Å². The molecule has 258 valence electrons. The summed E-state index contributed by atoms with van der Waals surface area (Å²) in [6, 6.07) is 29.5. The van der Waals surface area contributed by atoms with Crippen LogP contribution in [0.4, 0.5) is 32.0 Å². The Morgan fingerprint density at radius 3 is 1.96 bits per heavy atom. The zero-order valence-electron chi connectivity index (χ0n) is 27.0. The number of amides is 1. The smallest absolute Gasteiger partial charge is 0.382 e. The lowest BCUT2D eigenvalue weighted by Gasteiger charge is -2.34. The fourth-order valence-corrected chi connectivity index (χ4v) is 7.45. The number of hydrogen-bond donors (Lipinski definition) is 2. The van der Waals surface area contributed by atoms with Gasteiger partial charge >= 0.3 is 12.4 Å². The second-order valence-electron chi connectivity index (χ2n) is 13.0. The number of fused-ring (bicyclic) bond motifs is 3. The number of unbranched alkanes of at least 4 members (excludes halogenated alkanes) is 1. The zero-order valence-corrected chi connectivity index (χ0v) is 27.0.